The van der Waals surface area contributed by atoms with Crippen LogP contribution in [0.4, 0.5) is 4.79 Å². The Bertz CT molecular complexity index is 458. The Labute approximate surface area is 162 Å². The van der Waals surface area contributed by atoms with Crippen LogP contribution in [0.2, 0.25) is 0 Å². The summed E-state index contributed by atoms with van der Waals surface area (Å²) in [7, 11) is 0. The van der Waals surface area contributed by atoms with E-state index in [0.29, 0.717) is 32.0 Å². The second-order valence-corrected chi connectivity index (χ2v) is 6.14. The average Bonchev–Trinajstić information content (AvgIpc) is 2.74. The number of guanidine groups is 1. The highest BCUT2D eigenvalue weighted by atomic mass is 127. The number of urea groups is 1. The smallest absolute Gasteiger partial charge is 0.325 e. The normalized spacial score (nSPS) is 22.0. The maximum absolute atomic E-state index is 12.3. The first kappa shape index (κ1) is 22.9. The van der Waals surface area contributed by atoms with Gasteiger partial charge in [-0.1, -0.05) is 13.8 Å². The lowest BCUT2D eigenvalue weighted by atomic mass is 9.99. The van der Waals surface area contributed by atoms with Crippen molar-refractivity contribution in [1.29, 1.82) is 0 Å². The van der Waals surface area contributed by atoms with Crippen molar-refractivity contribution in [2.45, 2.75) is 65.5 Å². The first-order valence-electron chi connectivity index (χ1n) is 8.56. The van der Waals surface area contributed by atoms with Gasteiger partial charge >= 0.3 is 6.03 Å². The lowest BCUT2D eigenvalue weighted by Gasteiger charge is -2.19. The number of aliphatic imine (C=N–C) groups is 1. The van der Waals surface area contributed by atoms with Crippen LogP contribution in [-0.4, -0.2) is 54.0 Å². The molecular formula is C16H32IN5O2. The number of hydrogen-bond acceptors (Lipinski definition) is 3. The zero-order chi connectivity index (χ0) is 17.5. The molecule has 1 fully saturated rings. The molecule has 0 aromatic rings. The molecule has 8 heteroatoms. The molecule has 0 aromatic carbocycles. The van der Waals surface area contributed by atoms with E-state index >= 15 is 0 Å². The number of carbonyl (C=O) groups excluding carboxylic acids is 2. The van der Waals surface area contributed by atoms with Gasteiger partial charge in [0.15, 0.2) is 5.96 Å². The molecule has 24 heavy (non-hydrogen) atoms. The molecule has 140 valence electrons. The summed E-state index contributed by atoms with van der Waals surface area (Å²) in [6, 6.07) is 0.0527. The van der Waals surface area contributed by atoms with Gasteiger partial charge in [0.1, 0.15) is 5.54 Å². The molecule has 7 nitrogen and oxygen atoms in total. The van der Waals surface area contributed by atoms with Gasteiger partial charge in [-0.3, -0.25) is 14.7 Å². The third-order valence-corrected chi connectivity index (χ3v) is 4.20. The van der Waals surface area contributed by atoms with Gasteiger partial charge < -0.3 is 16.0 Å². The van der Waals surface area contributed by atoms with Crippen molar-refractivity contribution < 1.29 is 9.59 Å². The second kappa shape index (κ2) is 10.7. The van der Waals surface area contributed by atoms with Gasteiger partial charge in [0.05, 0.1) is 0 Å². The first-order valence-corrected chi connectivity index (χ1v) is 8.56. The van der Waals surface area contributed by atoms with Crippen molar-refractivity contribution in [3.05, 3.63) is 0 Å². The van der Waals surface area contributed by atoms with Crippen LogP contribution in [0.15, 0.2) is 4.99 Å². The Morgan fingerprint density at radius 2 is 2.00 bits per heavy atom. The molecule has 2 unspecified atom stereocenters. The fourth-order valence-electron chi connectivity index (χ4n) is 2.26. The van der Waals surface area contributed by atoms with Gasteiger partial charge in [-0.05, 0) is 40.0 Å². The highest BCUT2D eigenvalue weighted by Crippen LogP contribution is 2.20. The summed E-state index contributed by atoms with van der Waals surface area (Å²) in [5, 5.41) is 9.27. The van der Waals surface area contributed by atoms with E-state index in [4.69, 9.17) is 0 Å². The zero-order valence-corrected chi connectivity index (χ0v) is 17.8. The van der Waals surface area contributed by atoms with E-state index < -0.39 is 5.54 Å². The number of amides is 3. The third kappa shape index (κ3) is 6.10. The summed E-state index contributed by atoms with van der Waals surface area (Å²) >= 11 is 0. The van der Waals surface area contributed by atoms with Gasteiger partial charge in [0.25, 0.3) is 5.91 Å². The van der Waals surface area contributed by atoms with Crippen LogP contribution >= 0.6 is 24.0 Å². The number of nitrogens with zero attached hydrogens (tertiary/aromatic N) is 2. The Morgan fingerprint density at radius 3 is 2.50 bits per heavy atom. The molecule has 0 radical (unpaired) electrons. The summed E-state index contributed by atoms with van der Waals surface area (Å²) in [5.41, 5.74) is -0.757. The van der Waals surface area contributed by atoms with Crippen molar-refractivity contribution in [2.75, 3.05) is 19.6 Å². The minimum absolute atomic E-state index is 0. The van der Waals surface area contributed by atoms with Crippen molar-refractivity contribution in [3.8, 4) is 0 Å². The zero-order valence-electron chi connectivity index (χ0n) is 15.4. The van der Waals surface area contributed by atoms with Crippen molar-refractivity contribution in [3.63, 3.8) is 0 Å². The fourth-order valence-corrected chi connectivity index (χ4v) is 2.26. The van der Waals surface area contributed by atoms with E-state index in [1.54, 1.807) is 6.92 Å². The second-order valence-electron chi connectivity index (χ2n) is 6.14. The molecule has 1 aliphatic rings. The highest BCUT2D eigenvalue weighted by molar-refractivity contribution is 14.0. The third-order valence-electron chi connectivity index (χ3n) is 4.20. The van der Waals surface area contributed by atoms with Gasteiger partial charge in [0.2, 0.25) is 0 Å². The number of nitrogens with one attached hydrogen (secondary N) is 3. The molecule has 1 saturated heterocycles. The summed E-state index contributed by atoms with van der Waals surface area (Å²) in [6.45, 7) is 11.7. The van der Waals surface area contributed by atoms with Gasteiger partial charge in [-0.25, -0.2) is 4.79 Å². The molecule has 0 saturated carbocycles. The number of halogens is 1. The summed E-state index contributed by atoms with van der Waals surface area (Å²) < 4.78 is 0. The number of carbonyl (C=O) groups is 2. The molecule has 1 aliphatic heterocycles. The standard InChI is InChI=1S/C16H31N5O2.HI/c1-6-12(4)19-14(17-8-3)18-10-9-11-21-13(22)16(5,7-2)20-15(21)23;/h12H,6-11H2,1-5H3,(H,20,23)(H2,17,18,19);1H. The monoisotopic (exact) mass is 453 g/mol. The van der Waals surface area contributed by atoms with Gasteiger partial charge in [0, 0.05) is 25.7 Å². The summed E-state index contributed by atoms with van der Waals surface area (Å²) in [6.07, 6.45) is 2.26. The van der Waals surface area contributed by atoms with Crippen molar-refractivity contribution in [1.82, 2.24) is 20.9 Å². The maximum atomic E-state index is 12.3. The minimum Gasteiger partial charge on any atom is -0.357 e. The molecule has 3 amide bonds. The fraction of sp³-hybridized carbons (Fsp3) is 0.812. The van der Waals surface area contributed by atoms with Crippen LogP contribution in [0.3, 0.4) is 0 Å². The number of rotatable bonds is 8. The van der Waals surface area contributed by atoms with Crippen molar-refractivity contribution >= 4 is 41.9 Å². The molecule has 1 rings (SSSR count). The van der Waals surface area contributed by atoms with Crippen LogP contribution in [0.25, 0.3) is 0 Å². The Kier molecular flexibility index (Phi) is 10.3. The van der Waals surface area contributed by atoms with Crippen LogP contribution < -0.4 is 16.0 Å². The Balaban J connectivity index is 0.00000529. The topological polar surface area (TPSA) is 85.8 Å². The highest BCUT2D eigenvalue weighted by Gasteiger charge is 2.45. The molecular weight excluding hydrogens is 421 g/mol. The van der Waals surface area contributed by atoms with E-state index in [2.05, 4.69) is 34.8 Å². The SMILES string of the molecule is CCNC(=NCCCN1C(=O)NC(C)(CC)C1=O)NC(C)CC.I. The molecule has 0 spiro atoms. The van der Waals surface area contributed by atoms with E-state index in [1.807, 2.05) is 13.8 Å². The molecule has 0 aliphatic carbocycles. The largest absolute Gasteiger partial charge is 0.357 e. The Hall–Kier alpha value is -1.06. The van der Waals surface area contributed by atoms with Crippen LogP contribution in [0, 0.1) is 0 Å². The van der Waals surface area contributed by atoms with Crippen LogP contribution in [0.1, 0.15) is 53.9 Å². The summed E-state index contributed by atoms with van der Waals surface area (Å²) in [4.78, 5) is 30.0. The minimum atomic E-state index is -0.757. The first-order chi connectivity index (χ1) is 10.9. The van der Waals surface area contributed by atoms with E-state index in [1.165, 1.54) is 4.90 Å². The molecule has 0 aromatic heterocycles. The lowest BCUT2D eigenvalue weighted by Crippen LogP contribution is -2.43. The average molecular weight is 453 g/mol. The van der Waals surface area contributed by atoms with E-state index in [9.17, 15) is 9.59 Å². The molecule has 2 atom stereocenters. The molecule has 0 bridgehead atoms. The van der Waals surface area contributed by atoms with E-state index in [0.717, 1.165) is 18.9 Å². The number of imide groups is 1. The Morgan fingerprint density at radius 1 is 1.33 bits per heavy atom. The molecule has 1 heterocycles. The predicted octanol–water partition coefficient (Wildman–Crippen LogP) is 2.07. The predicted molar refractivity (Wildman–Crippen MR) is 108 cm³/mol. The number of hydrogen-bond donors (Lipinski definition) is 3. The van der Waals surface area contributed by atoms with Gasteiger partial charge in [-0.15, -0.1) is 24.0 Å². The van der Waals surface area contributed by atoms with Crippen LogP contribution in [-0.2, 0) is 4.79 Å². The lowest BCUT2D eigenvalue weighted by molar-refractivity contribution is -0.130. The van der Waals surface area contributed by atoms with Crippen LogP contribution in [0.5, 0.6) is 0 Å². The van der Waals surface area contributed by atoms with Gasteiger partial charge in [-0.2, -0.15) is 0 Å². The summed E-state index contributed by atoms with van der Waals surface area (Å²) in [5.74, 6) is 0.635. The van der Waals surface area contributed by atoms with Crippen molar-refractivity contribution in [2.24, 2.45) is 4.99 Å². The quantitative estimate of drug-likeness (QED) is 0.173. The van der Waals surface area contributed by atoms with E-state index in [-0.39, 0.29) is 35.9 Å². The molecule has 3 N–H and O–H groups in total. The maximum Gasteiger partial charge on any atom is 0.325 e.